The fraction of sp³-hybridized carbons (Fsp3) is 0.429. The minimum Gasteiger partial charge on any atom is -0.382 e. The van der Waals surface area contributed by atoms with E-state index in [0.717, 1.165) is 48.0 Å². The number of pyridine rings is 1. The molecule has 0 atom stereocenters. The van der Waals surface area contributed by atoms with Crippen molar-refractivity contribution >= 4 is 41.5 Å². The SMILES string of the molecule is [B]c1cc(C(=O)NC2CCC(Nc3cc(C(C)(C)C)nc4ccccc34)CC2)cc(F)c1N(C)C. The first-order valence-electron chi connectivity index (χ1n) is 12.3. The molecule has 2 N–H and O–H groups in total. The van der Waals surface area contributed by atoms with Crippen molar-refractivity contribution in [3.05, 3.63) is 59.5 Å². The molecule has 0 bridgehead atoms. The Morgan fingerprint density at radius 3 is 2.34 bits per heavy atom. The van der Waals surface area contributed by atoms with Crippen LogP contribution in [0.15, 0.2) is 42.5 Å². The molecule has 0 unspecified atom stereocenters. The monoisotopic (exact) mass is 472 g/mol. The van der Waals surface area contributed by atoms with Crippen LogP contribution in [0.25, 0.3) is 10.9 Å². The number of fused-ring (bicyclic) bond motifs is 1. The lowest BCUT2D eigenvalue weighted by Crippen LogP contribution is -2.40. The van der Waals surface area contributed by atoms with Crippen molar-refractivity contribution in [3.8, 4) is 0 Å². The number of nitrogens with one attached hydrogen (secondary N) is 2. The van der Waals surface area contributed by atoms with E-state index < -0.39 is 5.82 Å². The minimum absolute atomic E-state index is 0.0456. The van der Waals surface area contributed by atoms with Gasteiger partial charge in [-0.1, -0.05) is 50.5 Å². The summed E-state index contributed by atoms with van der Waals surface area (Å²) >= 11 is 0. The van der Waals surface area contributed by atoms with Gasteiger partial charge in [0.25, 0.3) is 5.91 Å². The zero-order valence-corrected chi connectivity index (χ0v) is 21.3. The van der Waals surface area contributed by atoms with E-state index in [1.54, 1.807) is 25.1 Å². The van der Waals surface area contributed by atoms with E-state index in [2.05, 4.69) is 49.6 Å². The van der Waals surface area contributed by atoms with Gasteiger partial charge >= 0.3 is 0 Å². The maximum Gasteiger partial charge on any atom is 0.251 e. The van der Waals surface area contributed by atoms with Crippen LogP contribution < -0.4 is 21.0 Å². The van der Waals surface area contributed by atoms with Crippen molar-refractivity contribution in [1.82, 2.24) is 10.3 Å². The van der Waals surface area contributed by atoms with Crippen molar-refractivity contribution in [2.45, 2.75) is 64.0 Å². The van der Waals surface area contributed by atoms with E-state index in [-0.39, 0.29) is 28.4 Å². The molecule has 1 amide bonds. The summed E-state index contributed by atoms with van der Waals surface area (Å²) in [5.74, 6) is -0.778. The van der Waals surface area contributed by atoms with Gasteiger partial charge in [0.15, 0.2) is 0 Å². The third-order valence-electron chi connectivity index (χ3n) is 6.71. The molecule has 2 radical (unpaired) electrons. The molecule has 35 heavy (non-hydrogen) atoms. The Kier molecular flexibility index (Phi) is 7.06. The molecule has 0 spiro atoms. The second-order valence-corrected chi connectivity index (χ2v) is 10.8. The van der Waals surface area contributed by atoms with Gasteiger partial charge in [-0.25, -0.2) is 4.39 Å². The van der Waals surface area contributed by atoms with E-state index in [1.807, 2.05) is 12.1 Å². The molecule has 1 aliphatic carbocycles. The van der Waals surface area contributed by atoms with Gasteiger partial charge in [0.05, 0.1) is 11.2 Å². The Labute approximate surface area is 208 Å². The molecule has 1 heterocycles. The first kappa shape index (κ1) is 25.0. The van der Waals surface area contributed by atoms with Crippen molar-refractivity contribution in [2.24, 2.45) is 0 Å². The predicted octanol–water partition coefficient (Wildman–Crippen LogP) is 4.68. The van der Waals surface area contributed by atoms with Crippen LogP contribution in [0.3, 0.4) is 0 Å². The topological polar surface area (TPSA) is 57.3 Å². The molecule has 1 aliphatic rings. The molecule has 4 rings (SSSR count). The number of carbonyl (C=O) groups excluding carboxylic acids is 1. The van der Waals surface area contributed by atoms with Gasteiger partial charge < -0.3 is 15.5 Å². The van der Waals surface area contributed by atoms with Crippen LogP contribution in [0.2, 0.25) is 0 Å². The first-order chi connectivity index (χ1) is 16.5. The number of hydrogen-bond acceptors (Lipinski definition) is 4. The molecule has 2 aromatic carbocycles. The first-order valence-corrected chi connectivity index (χ1v) is 12.3. The third-order valence-corrected chi connectivity index (χ3v) is 6.71. The maximum absolute atomic E-state index is 14.5. The number of aromatic nitrogens is 1. The summed E-state index contributed by atoms with van der Waals surface area (Å²) in [6, 6.07) is 13.6. The predicted molar refractivity (Wildman–Crippen MR) is 144 cm³/mol. The fourth-order valence-corrected chi connectivity index (χ4v) is 4.77. The molecule has 182 valence electrons. The average molecular weight is 472 g/mol. The Bertz CT molecular complexity index is 1210. The van der Waals surface area contributed by atoms with E-state index in [1.165, 1.54) is 6.07 Å². The normalized spacial score (nSPS) is 18.3. The van der Waals surface area contributed by atoms with Crippen LogP contribution in [0.5, 0.6) is 0 Å². The van der Waals surface area contributed by atoms with Gasteiger partial charge in [-0.05, 0) is 43.9 Å². The Hall–Kier alpha value is -3.09. The highest BCUT2D eigenvalue weighted by Gasteiger charge is 2.25. The fourth-order valence-electron chi connectivity index (χ4n) is 4.77. The summed E-state index contributed by atoms with van der Waals surface area (Å²) in [5, 5.41) is 7.94. The molecule has 0 aliphatic heterocycles. The summed E-state index contributed by atoms with van der Waals surface area (Å²) in [6.45, 7) is 6.53. The highest BCUT2D eigenvalue weighted by Crippen LogP contribution is 2.31. The highest BCUT2D eigenvalue weighted by molar-refractivity contribution is 6.36. The van der Waals surface area contributed by atoms with Crippen LogP contribution >= 0.6 is 0 Å². The standard InChI is InChI=1S/C28H34BFN4O/c1-28(2,3)25-16-24(20-8-6-7-9-23(20)33-25)31-18-10-12-19(13-11-18)32-27(35)17-14-21(29)26(34(4)5)22(30)15-17/h6-9,14-16,18-19H,10-13H2,1-5H3,(H,31,33)(H,32,35). The number of para-hydroxylation sites is 1. The summed E-state index contributed by atoms with van der Waals surface area (Å²) < 4.78 is 14.5. The van der Waals surface area contributed by atoms with Gasteiger partial charge in [-0.15, -0.1) is 0 Å². The van der Waals surface area contributed by atoms with Crippen molar-refractivity contribution in [2.75, 3.05) is 24.3 Å². The summed E-state index contributed by atoms with van der Waals surface area (Å²) in [4.78, 5) is 19.3. The second kappa shape index (κ2) is 9.88. The van der Waals surface area contributed by atoms with Crippen LogP contribution in [0, 0.1) is 5.82 Å². The van der Waals surface area contributed by atoms with Gasteiger partial charge in [-0.3, -0.25) is 9.78 Å². The molecular weight excluding hydrogens is 438 g/mol. The van der Waals surface area contributed by atoms with Gasteiger partial charge in [-0.2, -0.15) is 0 Å². The van der Waals surface area contributed by atoms with E-state index in [0.29, 0.717) is 11.7 Å². The van der Waals surface area contributed by atoms with Crippen LogP contribution in [0.1, 0.15) is 62.5 Å². The number of anilines is 2. The zero-order chi connectivity index (χ0) is 25.3. The maximum atomic E-state index is 14.5. The lowest BCUT2D eigenvalue weighted by Gasteiger charge is -2.31. The van der Waals surface area contributed by atoms with Gasteiger partial charge in [0.1, 0.15) is 13.7 Å². The van der Waals surface area contributed by atoms with Crippen molar-refractivity contribution in [3.63, 3.8) is 0 Å². The van der Waals surface area contributed by atoms with Crippen LogP contribution in [-0.4, -0.2) is 44.9 Å². The number of halogens is 1. The van der Waals surface area contributed by atoms with Crippen LogP contribution in [-0.2, 0) is 5.41 Å². The smallest absolute Gasteiger partial charge is 0.251 e. The van der Waals surface area contributed by atoms with Gasteiger partial charge in [0.2, 0.25) is 0 Å². The third kappa shape index (κ3) is 5.60. The lowest BCUT2D eigenvalue weighted by atomic mass is 9.88. The molecule has 1 saturated carbocycles. The molecular formula is C28H34BFN4O. The molecule has 5 nitrogen and oxygen atoms in total. The molecule has 0 saturated heterocycles. The Balaban J connectivity index is 1.41. The molecule has 3 aromatic rings. The number of nitrogens with zero attached hydrogens (tertiary/aromatic N) is 2. The largest absolute Gasteiger partial charge is 0.382 e. The number of hydrogen-bond donors (Lipinski definition) is 2. The molecule has 1 fully saturated rings. The summed E-state index contributed by atoms with van der Waals surface area (Å²) in [6.07, 6.45) is 3.57. The van der Waals surface area contributed by atoms with Gasteiger partial charge in [0, 0.05) is 53.9 Å². The van der Waals surface area contributed by atoms with E-state index >= 15 is 0 Å². The average Bonchev–Trinajstić information content (AvgIpc) is 2.79. The number of amides is 1. The summed E-state index contributed by atoms with van der Waals surface area (Å²) in [7, 11) is 9.43. The quantitative estimate of drug-likeness (QED) is 0.530. The minimum atomic E-state index is -0.493. The zero-order valence-electron chi connectivity index (χ0n) is 21.3. The molecule has 7 heteroatoms. The lowest BCUT2D eigenvalue weighted by molar-refractivity contribution is 0.0926. The highest BCUT2D eigenvalue weighted by atomic mass is 19.1. The van der Waals surface area contributed by atoms with Crippen molar-refractivity contribution < 1.29 is 9.18 Å². The van der Waals surface area contributed by atoms with E-state index in [4.69, 9.17) is 12.8 Å². The second-order valence-electron chi connectivity index (χ2n) is 10.8. The Morgan fingerprint density at radius 1 is 1.06 bits per heavy atom. The number of benzene rings is 2. The number of carbonyl (C=O) groups is 1. The molecule has 1 aromatic heterocycles. The summed E-state index contributed by atoms with van der Waals surface area (Å²) in [5.41, 5.74) is 3.93. The Morgan fingerprint density at radius 2 is 1.71 bits per heavy atom. The van der Waals surface area contributed by atoms with Crippen LogP contribution in [0.4, 0.5) is 15.8 Å². The van der Waals surface area contributed by atoms with Crippen molar-refractivity contribution in [1.29, 1.82) is 0 Å². The number of rotatable bonds is 5. The van der Waals surface area contributed by atoms with E-state index in [9.17, 15) is 9.18 Å².